The number of hydrogen-bond donors (Lipinski definition) is 2. The molecular weight excluding hydrogens is 356 g/mol. The summed E-state index contributed by atoms with van der Waals surface area (Å²) >= 11 is 0. The van der Waals surface area contributed by atoms with E-state index >= 15 is 0 Å². The molecule has 0 aliphatic carbocycles. The van der Waals surface area contributed by atoms with Crippen LogP contribution in [-0.4, -0.2) is 26.5 Å². The van der Waals surface area contributed by atoms with Crippen molar-refractivity contribution in [3.8, 4) is 0 Å². The van der Waals surface area contributed by atoms with Gasteiger partial charge in [-0.3, -0.25) is 18.7 Å². The highest BCUT2D eigenvalue weighted by Crippen LogP contribution is 2.14. The Morgan fingerprint density at radius 1 is 1.00 bits per heavy atom. The molecule has 28 heavy (non-hydrogen) atoms. The second-order valence-electron chi connectivity index (χ2n) is 7.75. The highest BCUT2D eigenvalue weighted by atomic mass is 16.2. The number of aryl methyl sites for hydroxylation is 1. The van der Waals surface area contributed by atoms with Crippen LogP contribution in [0.4, 0.5) is 5.69 Å². The van der Waals surface area contributed by atoms with Crippen LogP contribution >= 0.6 is 0 Å². The zero-order chi connectivity index (χ0) is 20.5. The molecule has 0 saturated carbocycles. The lowest BCUT2D eigenvalue weighted by Crippen LogP contribution is -2.40. The third-order valence-corrected chi connectivity index (χ3v) is 4.25. The molecule has 1 heterocycles. The summed E-state index contributed by atoms with van der Waals surface area (Å²) in [6, 6.07) is 14.0. The first-order valence-corrected chi connectivity index (χ1v) is 9.02. The molecule has 0 aliphatic rings. The average molecular weight is 380 g/mol. The second kappa shape index (κ2) is 7.34. The van der Waals surface area contributed by atoms with Crippen molar-refractivity contribution in [2.75, 3.05) is 5.32 Å². The Morgan fingerprint density at radius 2 is 1.68 bits per heavy atom. The predicted molar refractivity (Wildman–Crippen MR) is 109 cm³/mol. The Balaban J connectivity index is 1.78. The summed E-state index contributed by atoms with van der Waals surface area (Å²) in [4.78, 5) is 37.3. The number of carbonyl (C=O) groups excluding carboxylic acids is 2. The molecule has 7 heteroatoms. The predicted octanol–water partition coefficient (Wildman–Crippen LogP) is 2.51. The van der Waals surface area contributed by atoms with Crippen LogP contribution in [0.3, 0.4) is 0 Å². The molecule has 0 saturated heterocycles. The number of rotatable bonds is 4. The van der Waals surface area contributed by atoms with Gasteiger partial charge in [0, 0.05) is 23.8 Å². The SMILES string of the molecule is Cn1c(=O)n(CC(=O)Nc2cccc(C(=O)NC(C)(C)C)c2)c2ccccc21. The van der Waals surface area contributed by atoms with E-state index in [9.17, 15) is 14.4 Å². The van der Waals surface area contributed by atoms with E-state index in [-0.39, 0.29) is 29.6 Å². The largest absolute Gasteiger partial charge is 0.347 e. The molecule has 2 aromatic carbocycles. The Labute approximate surface area is 163 Å². The van der Waals surface area contributed by atoms with Crippen molar-refractivity contribution in [3.63, 3.8) is 0 Å². The second-order valence-corrected chi connectivity index (χ2v) is 7.75. The van der Waals surface area contributed by atoms with Gasteiger partial charge in [-0.2, -0.15) is 0 Å². The molecule has 0 atom stereocenters. The number of fused-ring (bicyclic) bond motifs is 1. The topological polar surface area (TPSA) is 85.1 Å². The molecule has 0 unspecified atom stereocenters. The van der Waals surface area contributed by atoms with Gasteiger partial charge in [0.2, 0.25) is 5.91 Å². The number of amides is 2. The number of anilines is 1. The summed E-state index contributed by atoms with van der Waals surface area (Å²) in [6.45, 7) is 5.59. The van der Waals surface area contributed by atoms with Gasteiger partial charge in [-0.15, -0.1) is 0 Å². The lowest BCUT2D eigenvalue weighted by atomic mass is 10.1. The third kappa shape index (κ3) is 4.14. The number of imidazole rings is 1. The highest BCUT2D eigenvalue weighted by Gasteiger charge is 2.16. The average Bonchev–Trinajstić information content (AvgIpc) is 2.86. The quantitative estimate of drug-likeness (QED) is 0.729. The van der Waals surface area contributed by atoms with Gasteiger partial charge in [0.25, 0.3) is 5.91 Å². The van der Waals surface area contributed by atoms with Crippen molar-refractivity contribution in [1.29, 1.82) is 0 Å². The van der Waals surface area contributed by atoms with Gasteiger partial charge in [0.15, 0.2) is 0 Å². The van der Waals surface area contributed by atoms with Crippen LogP contribution in [-0.2, 0) is 18.4 Å². The minimum atomic E-state index is -0.355. The maximum Gasteiger partial charge on any atom is 0.329 e. The van der Waals surface area contributed by atoms with Crippen LogP contribution in [0.1, 0.15) is 31.1 Å². The molecule has 1 aromatic heterocycles. The lowest BCUT2D eigenvalue weighted by molar-refractivity contribution is -0.116. The third-order valence-electron chi connectivity index (χ3n) is 4.25. The van der Waals surface area contributed by atoms with E-state index < -0.39 is 0 Å². The standard InChI is InChI=1S/C21H24N4O3/c1-21(2,3)23-19(27)14-8-7-9-15(12-14)22-18(26)13-25-17-11-6-5-10-16(17)24(4)20(25)28/h5-12H,13H2,1-4H3,(H,22,26)(H,23,27). The maximum absolute atomic E-state index is 12.5. The molecule has 7 nitrogen and oxygen atoms in total. The summed E-state index contributed by atoms with van der Waals surface area (Å²) in [5, 5.41) is 5.65. The van der Waals surface area contributed by atoms with Crippen molar-refractivity contribution < 1.29 is 9.59 Å². The Kier molecular flexibility index (Phi) is 5.09. The fourth-order valence-corrected chi connectivity index (χ4v) is 3.01. The highest BCUT2D eigenvalue weighted by molar-refractivity contribution is 5.97. The molecule has 0 spiro atoms. The first-order chi connectivity index (χ1) is 13.2. The number of para-hydroxylation sites is 2. The van der Waals surface area contributed by atoms with Gasteiger partial charge in [-0.25, -0.2) is 4.79 Å². The molecule has 0 fully saturated rings. The monoisotopic (exact) mass is 380 g/mol. The van der Waals surface area contributed by atoms with Crippen LogP contribution in [0.5, 0.6) is 0 Å². The molecule has 0 aliphatic heterocycles. The van der Waals surface area contributed by atoms with Crippen molar-refractivity contribution in [2.45, 2.75) is 32.9 Å². The number of carbonyl (C=O) groups is 2. The zero-order valence-electron chi connectivity index (χ0n) is 16.4. The normalized spacial score (nSPS) is 11.4. The Bertz CT molecular complexity index is 1100. The molecule has 3 rings (SSSR count). The summed E-state index contributed by atoms with van der Waals surface area (Å²) in [5.74, 6) is -0.555. The van der Waals surface area contributed by atoms with Crippen LogP contribution in [0, 0.1) is 0 Å². The number of benzene rings is 2. The maximum atomic E-state index is 12.5. The van der Waals surface area contributed by atoms with Gasteiger partial charge in [0.05, 0.1) is 11.0 Å². The molecule has 0 bridgehead atoms. The van der Waals surface area contributed by atoms with E-state index in [2.05, 4.69) is 10.6 Å². The first-order valence-electron chi connectivity index (χ1n) is 9.02. The van der Waals surface area contributed by atoms with Gasteiger partial charge < -0.3 is 10.6 Å². The van der Waals surface area contributed by atoms with E-state index in [1.54, 1.807) is 31.3 Å². The van der Waals surface area contributed by atoms with Gasteiger partial charge in [-0.05, 0) is 51.1 Å². The molecular formula is C21H24N4O3. The molecule has 3 aromatic rings. The number of nitrogens with one attached hydrogen (secondary N) is 2. The van der Waals surface area contributed by atoms with Crippen LogP contribution in [0.25, 0.3) is 11.0 Å². The van der Waals surface area contributed by atoms with E-state index in [0.29, 0.717) is 16.8 Å². The Morgan fingerprint density at radius 3 is 2.36 bits per heavy atom. The fraction of sp³-hybridized carbons (Fsp3) is 0.286. The summed E-state index contributed by atoms with van der Waals surface area (Å²) < 4.78 is 2.95. The van der Waals surface area contributed by atoms with Crippen LogP contribution < -0.4 is 16.3 Å². The summed E-state index contributed by atoms with van der Waals surface area (Å²) in [6.07, 6.45) is 0. The van der Waals surface area contributed by atoms with Gasteiger partial charge in [-0.1, -0.05) is 18.2 Å². The van der Waals surface area contributed by atoms with E-state index in [1.807, 2.05) is 45.0 Å². The molecule has 0 radical (unpaired) electrons. The van der Waals surface area contributed by atoms with Crippen molar-refractivity contribution in [1.82, 2.24) is 14.5 Å². The lowest BCUT2D eigenvalue weighted by Gasteiger charge is -2.20. The summed E-state index contributed by atoms with van der Waals surface area (Å²) in [5.41, 5.74) is 1.81. The molecule has 2 amide bonds. The first kappa shape index (κ1) is 19.4. The molecule has 2 N–H and O–H groups in total. The van der Waals surface area contributed by atoms with Gasteiger partial charge >= 0.3 is 5.69 Å². The van der Waals surface area contributed by atoms with E-state index in [4.69, 9.17) is 0 Å². The number of hydrogen-bond acceptors (Lipinski definition) is 3. The fourth-order valence-electron chi connectivity index (χ4n) is 3.01. The van der Waals surface area contributed by atoms with Crippen LogP contribution in [0.15, 0.2) is 53.3 Å². The van der Waals surface area contributed by atoms with Crippen LogP contribution in [0.2, 0.25) is 0 Å². The summed E-state index contributed by atoms with van der Waals surface area (Å²) in [7, 11) is 1.68. The van der Waals surface area contributed by atoms with E-state index in [1.165, 1.54) is 9.13 Å². The van der Waals surface area contributed by atoms with Crippen molar-refractivity contribution >= 4 is 28.5 Å². The smallest absolute Gasteiger partial charge is 0.329 e. The van der Waals surface area contributed by atoms with E-state index in [0.717, 1.165) is 5.52 Å². The minimum absolute atomic E-state index is 0.112. The Hall–Kier alpha value is -3.35. The molecule has 146 valence electrons. The van der Waals surface area contributed by atoms with Crippen molar-refractivity contribution in [2.24, 2.45) is 7.05 Å². The number of nitrogens with zero attached hydrogens (tertiary/aromatic N) is 2. The number of aromatic nitrogens is 2. The zero-order valence-corrected chi connectivity index (χ0v) is 16.4. The van der Waals surface area contributed by atoms with Gasteiger partial charge in [0.1, 0.15) is 6.54 Å². The minimum Gasteiger partial charge on any atom is -0.347 e. The van der Waals surface area contributed by atoms with Crippen molar-refractivity contribution in [3.05, 3.63) is 64.6 Å².